The zero-order valence-electron chi connectivity index (χ0n) is 18.6. The molecule has 3 aromatic rings. The van der Waals surface area contributed by atoms with Crippen LogP contribution in [0.3, 0.4) is 0 Å². The normalized spacial score (nSPS) is 14.8. The van der Waals surface area contributed by atoms with Gasteiger partial charge in [-0.25, -0.2) is 14.2 Å². The predicted molar refractivity (Wildman–Crippen MR) is 124 cm³/mol. The molecule has 2 aromatic heterocycles. The fourth-order valence-electron chi connectivity index (χ4n) is 3.91. The summed E-state index contributed by atoms with van der Waals surface area (Å²) in [6.45, 7) is 0.106. The highest BCUT2D eigenvalue weighted by molar-refractivity contribution is 6.31. The highest BCUT2D eigenvalue weighted by Gasteiger charge is 2.30. The summed E-state index contributed by atoms with van der Waals surface area (Å²) in [5.41, 5.74) is 3.28. The molecule has 11 heteroatoms. The summed E-state index contributed by atoms with van der Waals surface area (Å²) in [6, 6.07) is 6.76. The van der Waals surface area contributed by atoms with Gasteiger partial charge in [-0.15, -0.1) is 0 Å². The Balaban J connectivity index is 1.63. The Kier molecular flexibility index (Phi) is 6.97. The Labute approximate surface area is 200 Å². The molecule has 2 amide bonds. The number of pyridine rings is 1. The summed E-state index contributed by atoms with van der Waals surface area (Å²) < 4.78 is 23.6. The number of aromatic amines is 1. The first-order valence-electron chi connectivity index (χ1n) is 10.6. The molecule has 9 nitrogen and oxygen atoms in total. The molecule has 0 radical (unpaired) electrons. The van der Waals surface area contributed by atoms with Crippen LogP contribution < -0.4 is 15.0 Å². The fourth-order valence-corrected chi connectivity index (χ4v) is 4.09. The number of nitrogens with one attached hydrogen (secondary N) is 2. The number of aryl methyl sites for hydroxylation is 1. The number of halogens is 2. The van der Waals surface area contributed by atoms with E-state index in [0.29, 0.717) is 42.2 Å². The lowest BCUT2D eigenvalue weighted by Crippen LogP contribution is -2.35. The minimum atomic E-state index is -0.584. The number of methoxy groups -OCH3 is 2. The summed E-state index contributed by atoms with van der Waals surface area (Å²) >= 11 is 5.86. The van der Waals surface area contributed by atoms with Crippen LogP contribution in [0.15, 0.2) is 36.5 Å². The molecule has 0 aliphatic heterocycles. The largest absolute Gasteiger partial charge is 0.481 e. The molecule has 1 aliphatic rings. The minimum absolute atomic E-state index is 0.106. The second-order valence-corrected chi connectivity index (χ2v) is 8.20. The van der Waals surface area contributed by atoms with Crippen molar-refractivity contribution in [1.29, 1.82) is 0 Å². The number of urea groups is 1. The zero-order valence-corrected chi connectivity index (χ0v) is 19.4. The molecular formula is C23H23ClFN5O4. The predicted octanol–water partition coefficient (Wildman–Crippen LogP) is 4.12. The third-order valence-corrected chi connectivity index (χ3v) is 6.02. The lowest BCUT2D eigenvalue weighted by atomic mass is 9.86. The monoisotopic (exact) mass is 487 g/mol. The van der Waals surface area contributed by atoms with Crippen LogP contribution in [0.2, 0.25) is 5.02 Å². The standard InChI is InChI=1S/C23H23ClFN5O4/c1-33-21-8-5-15(11-26-21)30(23(32)27-14-4-6-18(25)17(24)10-14)12-20-16-9-13(22(31)34-2)3-7-19(16)28-29-20/h4-6,8,10-11,13H,3,7,9,12H2,1-2H3,(H,27,32)(H,28,29). The number of hydrogen-bond acceptors (Lipinski definition) is 6. The number of esters is 1. The number of rotatable bonds is 6. The zero-order chi connectivity index (χ0) is 24.2. The molecule has 178 valence electrons. The fraction of sp³-hybridized carbons (Fsp3) is 0.304. The number of nitrogens with zero attached hydrogens (tertiary/aromatic N) is 3. The van der Waals surface area contributed by atoms with Crippen LogP contribution in [-0.4, -0.2) is 41.4 Å². The van der Waals surface area contributed by atoms with Crippen LogP contribution in [0.1, 0.15) is 23.4 Å². The molecule has 0 fully saturated rings. The van der Waals surface area contributed by atoms with Gasteiger partial charge in [0.25, 0.3) is 0 Å². The van der Waals surface area contributed by atoms with Gasteiger partial charge in [-0.3, -0.25) is 14.8 Å². The van der Waals surface area contributed by atoms with Crippen molar-refractivity contribution < 1.29 is 23.5 Å². The third-order valence-electron chi connectivity index (χ3n) is 5.73. The van der Waals surface area contributed by atoms with Gasteiger partial charge in [-0.2, -0.15) is 5.10 Å². The summed E-state index contributed by atoms with van der Waals surface area (Å²) in [7, 11) is 2.87. The van der Waals surface area contributed by atoms with Crippen LogP contribution in [0.25, 0.3) is 0 Å². The molecule has 1 atom stereocenters. The van der Waals surface area contributed by atoms with Crippen molar-refractivity contribution in [2.24, 2.45) is 5.92 Å². The van der Waals surface area contributed by atoms with E-state index in [4.69, 9.17) is 21.1 Å². The van der Waals surface area contributed by atoms with E-state index >= 15 is 0 Å². The maximum absolute atomic E-state index is 13.5. The Morgan fingerprint density at radius 2 is 2.12 bits per heavy atom. The average molecular weight is 488 g/mol. The molecule has 2 N–H and O–H groups in total. The van der Waals surface area contributed by atoms with Gasteiger partial charge in [-0.1, -0.05) is 11.6 Å². The first-order valence-corrected chi connectivity index (χ1v) is 10.9. The first-order chi connectivity index (χ1) is 16.4. The van der Waals surface area contributed by atoms with Gasteiger partial charge in [0, 0.05) is 17.4 Å². The van der Waals surface area contributed by atoms with Crippen LogP contribution >= 0.6 is 11.6 Å². The van der Waals surface area contributed by atoms with E-state index in [0.717, 1.165) is 11.3 Å². The second-order valence-electron chi connectivity index (χ2n) is 7.79. The summed E-state index contributed by atoms with van der Waals surface area (Å²) in [6.07, 6.45) is 3.30. The molecule has 1 aliphatic carbocycles. The van der Waals surface area contributed by atoms with E-state index in [1.165, 1.54) is 43.5 Å². The number of anilines is 2. The van der Waals surface area contributed by atoms with Crippen molar-refractivity contribution in [3.63, 3.8) is 0 Å². The van der Waals surface area contributed by atoms with E-state index in [1.807, 2.05) is 0 Å². The Morgan fingerprint density at radius 1 is 1.29 bits per heavy atom. The molecule has 2 heterocycles. The summed E-state index contributed by atoms with van der Waals surface area (Å²) in [5, 5.41) is 10.1. The van der Waals surface area contributed by atoms with E-state index in [-0.39, 0.29) is 23.5 Å². The van der Waals surface area contributed by atoms with Gasteiger partial charge in [0.2, 0.25) is 5.88 Å². The molecule has 0 saturated heterocycles. The van der Waals surface area contributed by atoms with Gasteiger partial charge in [0.05, 0.1) is 49.3 Å². The minimum Gasteiger partial charge on any atom is -0.481 e. The molecule has 34 heavy (non-hydrogen) atoms. The van der Waals surface area contributed by atoms with Crippen molar-refractivity contribution in [1.82, 2.24) is 15.2 Å². The van der Waals surface area contributed by atoms with Gasteiger partial charge < -0.3 is 14.8 Å². The third kappa shape index (κ3) is 4.96. The Bertz CT molecular complexity index is 1200. The molecular weight excluding hydrogens is 465 g/mol. The van der Waals surface area contributed by atoms with Crippen molar-refractivity contribution in [3.05, 3.63) is 64.3 Å². The maximum Gasteiger partial charge on any atom is 0.326 e. The molecule has 0 bridgehead atoms. The van der Waals surface area contributed by atoms with Crippen LogP contribution in [0.5, 0.6) is 5.88 Å². The van der Waals surface area contributed by atoms with E-state index in [2.05, 4.69) is 20.5 Å². The van der Waals surface area contributed by atoms with Gasteiger partial charge in [-0.05, 0) is 49.1 Å². The Hall–Kier alpha value is -3.66. The number of carbonyl (C=O) groups excluding carboxylic acids is 2. The summed E-state index contributed by atoms with van der Waals surface area (Å²) in [5.74, 6) is -0.716. The van der Waals surface area contributed by atoms with Crippen LogP contribution in [0.4, 0.5) is 20.6 Å². The van der Waals surface area contributed by atoms with Gasteiger partial charge >= 0.3 is 12.0 Å². The second kappa shape index (κ2) is 10.1. The smallest absolute Gasteiger partial charge is 0.326 e. The number of ether oxygens (including phenoxy) is 2. The highest BCUT2D eigenvalue weighted by Crippen LogP contribution is 2.29. The van der Waals surface area contributed by atoms with E-state index < -0.39 is 11.8 Å². The van der Waals surface area contributed by atoms with Gasteiger partial charge in [0.1, 0.15) is 5.82 Å². The van der Waals surface area contributed by atoms with Crippen molar-refractivity contribution in [2.75, 3.05) is 24.4 Å². The number of amides is 2. The maximum atomic E-state index is 13.5. The quantitative estimate of drug-likeness (QED) is 0.506. The van der Waals surface area contributed by atoms with Gasteiger partial charge in [0.15, 0.2) is 0 Å². The number of aromatic nitrogens is 3. The van der Waals surface area contributed by atoms with Crippen LogP contribution in [-0.2, 0) is 28.9 Å². The lowest BCUT2D eigenvalue weighted by molar-refractivity contribution is -0.145. The van der Waals surface area contributed by atoms with E-state index in [9.17, 15) is 14.0 Å². The highest BCUT2D eigenvalue weighted by atomic mass is 35.5. The number of fused-ring (bicyclic) bond motifs is 1. The van der Waals surface area contributed by atoms with Crippen molar-refractivity contribution in [3.8, 4) is 5.88 Å². The number of hydrogen-bond donors (Lipinski definition) is 2. The van der Waals surface area contributed by atoms with Crippen LogP contribution in [0, 0.1) is 11.7 Å². The number of benzene rings is 1. The molecule has 1 unspecified atom stereocenters. The van der Waals surface area contributed by atoms with E-state index in [1.54, 1.807) is 12.1 Å². The molecule has 0 spiro atoms. The van der Waals surface area contributed by atoms with Crippen molar-refractivity contribution >= 4 is 35.0 Å². The number of H-pyrrole nitrogens is 1. The first kappa shape index (κ1) is 23.5. The summed E-state index contributed by atoms with van der Waals surface area (Å²) in [4.78, 5) is 31.0. The van der Waals surface area contributed by atoms with Crippen molar-refractivity contribution in [2.45, 2.75) is 25.8 Å². The Morgan fingerprint density at radius 3 is 2.79 bits per heavy atom. The molecule has 0 saturated carbocycles. The topological polar surface area (TPSA) is 109 Å². The lowest BCUT2D eigenvalue weighted by Gasteiger charge is -2.24. The average Bonchev–Trinajstić information content (AvgIpc) is 3.26. The molecule has 1 aromatic carbocycles. The molecule has 4 rings (SSSR count). The SMILES string of the molecule is COC(=O)C1CCc2[nH]nc(CN(C(=O)Nc3ccc(F)c(Cl)c3)c3ccc(OC)nc3)c2C1. The number of carbonyl (C=O) groups is 2.